The highest BCUT2D eigenvalue weighted by Gasteiger charge is 2.44. The first-order chi connectivity index (χ1) is 16.5. The van der Waals surface area contributed by atoms with Gasteiger partial charge in [0.2, 0.25) is 5.91 Å². The Labute approximate surface area is 204 Å². The Hall–Kier alpha value is -2.75. The average molecular weight is 485 g/mol. The number of likely N-dealkylation sites (tertiary alicyclic amines) is 1. The molecule has 182 valence electrons. The third-order valence-electron chi connectivity index (χ3n) is 6.44. The zero-order chi connectivity index (χ0) is 24.1. The first-order valence-electron chi connectivity index (χ1n) is 11.8. The highest BCUT2D eigenvalue weighted by molar-refractivity contribution is 7.12. The second-order valence-electron chi connectivity index (χ2n) is 8.88. The van der Waals surface area contributed by atoms with Gasteiger partial charge in [0, 0.05) is 38.3 Å². The molecule has 2 fully saturated rings. The van der Waals surface area contributed by atoms with Gasteiger partial charge in [0.05, 0.1) is 17.0 Å². The number of thiophene rings is 1. The van der Waals surface area contributed by atoms with Crippen molar-refractivity contribution in [1.82, 2.24) is 15.1 Å². The fourth-order valence-electron chi connectivity index (χ4n) is 4.64. The van der Waals surface area contributed by atoms with E-state index >= 15 is 0 Å². The van der Waals surface area contributed by atoms with Crippen LogP contribution < -0.4 is 11.1 Å². The number of nitrogens with two attached hydrogens (primary N) is 1. The molecule has 3 N–H and O–H groups in total. The van der Waals surface area contributed by atoms with Gasteiger partial charge in [-0.15, -0.1) is 11.3 Å². The van der Waals surface area contributed by atoms with Crippen LogP contribution in [0.5, 0.6) is 0 Å². The van der Waals surface area contributed by atoms with Gasteiger partial charge in [-0.25, -0.2) is 0 Å². The molecule has 3 heterocycles. The quantitative estimate of drug-likeness (QED) is 0.597. The maximum atomic E-state index is 13.5. The molecule has 0 aliphatic carbocycles. The highest BCUT2D eigenvalue weighted by Crippen LogP contribution is 2.28. The van der Waals surface area contributed by atoms with E-state index < -0.39 is 6.04 Å². The molecule has 3 amide bonds. The third-order valence-corrected chi connectivity index (χ3v) is 7.30. The average Bonchev–Trinajstić information content (AvgIpc) is 3.62. The number of rotatable bonds is 8. The van der Waals surface area contributed by atoms with E-state index in [1.54, 1.807) is 17.0 Å². The molecule has 1 aromatic heterocycles. The molecule has 0 bridgehead atoms. The first-order valence-corrected chi connectivity index (χ1v) is 12.7. The van der Waals surface area contributed by atoms with Gasteiger partial charge in [-0.2, -0.15) is 0 Å². The Balaban J connectivity index is 1.60. The van der Waals surface area contributed by atoms with Crippen molar-refractivity contribution in [3.05, 3.63) is 57.8 Å². The SMILES string of the molecule is Cc1ccc(C(=O)N2CC(N(CC3CCCO3)C(=O)c3cccs3)CC2C(=O)NCCN)cc1. The van der Waals surface area contributed by atoms with Crippen LogP contribution in [-0.2, 0) is 9.53 Å². The van der Waals surface area contributed by atoms with Crippen LogP contribution in [0.25, 0.3) is 0 Å². The van der Waals surface area contributed by atoms with Crippen LogP contribution in [0.4, 0.5) is 0 Å². The molecule has 0 radical (unpaired) electrons. The number of carbonyl (C=O) groups is 3. The van der Waals surface area contributed by atoms with E-state index in [0.29, 0.717) is 43.1 Å². The fourth-order valence-corrected chi connectivity index (χ4v) is 5.31. The second kappa shape index (κ2) is 11.1. The predicted octanol–water partition coefficient (Wildman–Crippen LogP) is 2.04. The lowest BCUT2D eigenvalue weighted by Crippen LogP contribution is -2.47. The molecule has 2 aliphatic rings. The summed E-state index contributed by atoms with van der Waals surface area (Å²) >= 11 is 1.39. The summed E-state index contributed by atoms with van der Waals surface area (Å²) < 4.78 is 5.83. The molecule has 2 aromatic rings. The smallest absolute Gasteiger partial charge is 0.264 e. The summed E-state index contributed by atoms with van der Waals surface area (Å²) in [5.41, 5.74) is 7.15. The van der Waals surface area contributed by atoms with E-state index in [2.05, 4.69) is 5.32 Å². The van der Waals surface area contributed by atoms with Crippen LogP contribution in [0, 0.1) is 6.92 Å². The van der Waals surface area contributed by atoms with Crippen molar-refractivity contribution < 1.29 is 19.1 Å². The van der Waals surface area contributed by atoms with Gasteiger partial charge in [-0.1, -0.05) is 23.8 Å². The maximum Gasteiger partial charge on any atom is 0.264 e. The van der Waals surface area contributed by atoms with Crippen LogP contribution in [0.3, 0.4) is 0 Å². The van der Waals surface area contributed by atoms with E-state index in [4.69, 9.17) is 10.5 Å². The monoisotopic (exact) mass is 484 g/mol. The predicted molar refractivity (Wildman–Crippen MR) is 131 cm³/mol. The maximum absolute atomic E-state index is 13.5. The molecule has 3 atom stereocenters. The molecular formula is C25H32N4O4S. The van der Waals surface area contributed by atoms with Crippen LogP contribution in [-0.4, -0.2) is 78.5 Å². The van der Waals surface area contributed by atoms with E-state index in [1.807, 2.05) is 41.5 Å². The van der Waals surface area contributed by atoms with Crippen LogP contribution in [0.1, 0.15) is 44.9 Å². The normalized spacial score (nSPS) is 22.1. The number of hydrogen-bond acceptors (Lipinski definition) is 6. The zero-order valence-corrected chi connectivity index (χ0v) is 20.3. The minimum Gasteiger partial charge on any atom is -0.376 e. The lowest BCUT2D eigenvalue weighted by Gasteiger charge is -2.31. The number of aryl methyl sites for hydroxylation is 1. The number of nitrogens with zero attached hydrogens (tertiary/aromatic N) is 2. The lowest BCUT2D eigenvalue weighted by atomic mass is 10.1. The summed E-state index contributed by atoms with van der Waals surface area (Å²) in [7, 11) is 0. The number of nitrogens with one attached hydrogen (secondary N) is 1. The molecule has 1 aromatic carbocycles. The number of amides is 3. The standard InChI is InChI=1S/C25H32N4O4S/c1-17-6-8-18(9-7-17)24(31)29-15-19(14-21(29)23(30)27-11-10-26)28(16-20-4-2-12-33-20)25(32)22-5-3-13-34-22/h3,5-9,13,19-21H,2,4,10-12,14-16,26H2,1H3,(H,27,30). The Bertz CT molecular complexity index is 989. The van der Waals surface area contributed by atoms with Gasteiger partial charge < -0.3 is 25.6 Å². The lowest BCUT2D eigenvalue weighted by molar-refractivity contribution is -0.124. The zero-order valence-electron chi connectivity index (χ0n) is 19.4. The van der Waals surface area contributed by atoms with E-state index in [9.17, 15) is 14.4 Å². The summed E-state index contributed by atoms with van der Waals surface area (Å²) in [6, 6.07) is 10.0. The second-order valence-corrected chi connectivity index (χ2v) is 9.83. The topological polar surface area (TPSA) is 105 Å². The largest absolute Gasteiger partial charge is 0.376 e. The molecular weight excluding hydrogens is 452 g/mol. The molecule has 2 saturated heterocycles. The van der Waals surface area contributed by atoms with Gasteiger partial charge in [0.15, 0.2) is 0 Å². The summed E-state index contributed by atoms with van der Waals surface area (Å²) in [6.07, 6.45) is 2.21. The Morgan fingerprint density at radius 2 is 2.03 bits per heavy atom. The van der Waals surface area contributed by atoms with Crippen molar-refractivity contribution >= 4 is 29.1 Å². The molecule has 9 heteroatoms. The summed E-state index contributed by atoms with van der Waals surface area (Å²) in [5, 5.41) is 4.70. The van der Waals surface area contributed by atoms with Gasteiger partial charge in [-0.05, 0) is 49.8 Å². The Morgan fingerprint density at radius 3 is 2.68 bits per heavy atom. The molecule has 0 spiro atoms. The van der Waals surface area contributed by atoms with Crippen LogP contribution in [0.2, 0.25) is 0 Å². The molecule has 8 nitrogen and oxygen atoms in total. The van der Waals surface area contributed by atoms with E-state index in [-0.39, 0.29) is 36.4 Å². The van der Waals surface area contributed by atoms with E-state index in [0.717, 1.165) is 18.4 Å². The van der Waals surface area contributed by atoms with Gasteiger partial charge in [0.1, 0.15) is 6.04 Å². The van der Waals surface area contributed by atoms with E-state index in [1.165, 1.54) is 11.3 Å². The van der Waals surface area contributed by atoms with Gasteiger partial charge in [0.25, 0.3) is 11.8 Å². The van der Waals surface area contributed by atoms with Gasteiger partial charge in [-0.3, -0.25) is 14.4 Å². The van der Waals surface area contributed by atoms with Crippen molar-refractivity contribution in [3.8, 4) is 0 Å². The molecule has 0 saturated carbocycles. The van der Waals surface area contributed by atoms with Crippen molar-refractivity contribution in [1.29, 1.82) is 0 Å². The minimum atomic E-state index is -0.673. The van der Waals surface area contributed by atoms with Crippen molar-refractivity contribution in [2.45, 2.75) is 44.4 Å². The fraction of sp³-hybridized carbons (Fsp3) is 0.480. The summed E-state index contributed by atoms with van der Waals surface area (Å²) in [4.78, 5) is 44.0. The van der Waals surface area contributed by atoms with Crippen molar-refractivity contribution in [2.75, 3.05) is 32.8 Å². The Morgan fingerprint density at radius 1 is 1.24 bits per heavy atom. The molecule has 2 aliphatic heterocycles. The first kappa shape index (κ1) is 24.4. The number of benzene rings is 1. The summed E-state index contributed by atoms with van der Waals surface area (Å²) in [6.45, 7) is 4.04. The van der Waals surface area contributed by atoms with Crippen LogP contribution in [0.15, 0.2) is 41.8 Å². The molecule has 3 unspecified atom stereocenters. The molecule has 4 rings (SSSR count). The minimum absolute atomic E-state index is 0.0321. The van der Waals surface area contributed by atoms with Gasteiger partial charge >= 0.3 is 0 Å². The van der Waals surface area contributed by atoms with Crippen molar-refractivity contribution in [2.24, 2.45) is 5.73 Å². The van der Waals surface area contributed by atoms with Crippen molar-refractivity contribution in [3.63, 3.8) is 0 Å². The number of carbonyl (C=O) groups excluding carboxylic acids is 3. The number of hydrogen-bond donors (Lipinski definition) is 2. The highest BCUT2D eigenvalue weighted by atomic mass is 32.1. The number of ether oxygens (including phenoxy) is 1. The third kappa shape index (κ3) is 5.48. The van der Waals surface area contributed by atoms with Crippen LogP contribution >= 0.6 is 11.3 Å². The Kier molecular flexibility index (Phi) is 7.97. The summed E-state index contributed by atoms with van der Waals surface area (Å²) in [5.74, 6) is -0.536. The molecule has 34 heavy (non-hydrogen) atoms.